The molecule has 0 aliphatic heterocycles. The molecule has 2 amide bonds. The molecule has 0 saturated carbocycles. The van der Waals surface area contributed by atoms with Gasteiger partial charge in [0.2, 0.25) is 0 Å². The molecule has 0 fully saturated rings. The van der Waals surface area contributed by atoms with Crippen LogP contribution in [0.5, 0.6) is 0 Å². The summed E-state index contributed by atoms with van der Waals surface area (Å²) >= 11 is 0. The Balaban J connectivity index is 2.05. The van der Waals surface area contributed by atoms with Crippen LogP contribution >= 0.6 is 0 Å². The lowest BCUT2D eigenvalue weighted by molar-refractivity contribution is -0.127. The summed E-state index contributed by atoms with van der Waals surface area (Å²) in [7, 11) is 1.59. The molecular formula is C14H20N2O5. The molecule has 0 spiro atoms. The second kappa shape index (κ2) is 10.8. The molecule has 1 aromatic rings. The number of ether oxygens (including phenoxy) is 3. The molecule has 7 heteroatoms. The van der Waals surface area contributed by atoms with Gasteiger partial charge in [-0.3, -0.25) is 20.4 Å². The Hall–Kier alpha value is -1.96. The van der Waals surface area contributed by atoms with Gasteiger partial charge >= 0.3 is 0 Å². The van der Waals surface area contributed by atoms with E-state index in [0.29, 0.717) is 32.0 Å². The molecule has 1 aromatic carbocycles. The van der Waals surface area contributed by atoms with E-state index >= 15 is 0 Å². The average molecular weight is 296 g/mol. The van der Waals surface area contributed by atoms with Crippen molar-refractivity contribution < 1.29 is 23.8 Å². The number of carbonyl (C=O) groups is 2. The van der Waals surface area contributed by atoms with Crippen molar-refractivity contribution in [1.82, 2.24) is 10.9 Å². The van der Waals surface area contributed by atoms with Crippen LogP contribution in [0.2, 0.25) is 0 Å². The van der Waals surface area contributed by atoms with Gasteiger partial charge in [0.25, 0.3) is 11.8 Å². The first-order chi connectivity index (χ1) is 10.2. The molecule has 21 heavy (non-hydrogen) atoms. The number of amides is 2. The fraction of sp³-hybridized carbons (Fsp3) is 0.429. The number of hydrogen-bond donors (Lipinski definition) is 2. The van der Waals surface area contributed by atoms with Crippen LogP contribution < -0.4 is 10.9 Å². The van der Waals surface area contributed by atoms with Crippen molar-refractivity contribution in [2.45, 2.75) is 0 Å². The van der Waals surface area contributed by atoms with E-state index in [9.17, 15) is 9.59 Å². The molecule has 0 aliphatic rings. The molecule has 0 atom stereocenters. The van der Waals surface area contributed by atoms with Gasteiger partial charge in [0.1, 0.15) is 6.61 Å². The zero-order valence-electron chi connectivity index (χ0n) is 12.0. The molecule has 0 radical (unpaired) electrons. The predicted octanol–water partition coefficient (Wildman–Crippen LogP) is 0.127. The molecule has 2 N–H and O–H groups in total. The lowest BCUT2D eigenvalue weighted by Gasteiger charge is -2.08. The van der Waals surface area contributed by atoms with Gasteiger partial charge in [0.15, 0.2) is 0 Å². The van der Waals surface area contributed by atoms with Crippen LogP contribution in [-0.4, -0.2) is 52.0 Å². The van der Waals surface area contributed by atoms with Crippen molar-refractivity contribution in [3.05, 3.63) is 35.9 Å². The predicted molar refractivity (Wildman–Crippen MR) is 75.6 cm³/mol. The number of hydrazine groups is 1. The molecule has 0 aromatic heterocycles. The minimum absolute atomic E-state index is 0.150. The van der Waals surface area contributed by atoms with Crippen molar-refractivity contribution in [3.8, 4) is 0 Å². The third kappa shape index (κ3) is 8.03. The Bertz CT molecular complexity index is 425. The zero-order valence-corrected chi connectivity index (χ0v) is 12.0. The van der Waals surface area contributed by atoms with Gasteiger partial charge in [-0.05, 0) is 12.1 Å². The molecule has 1 rings (SSSR count). The SMILES string of the molecule is COCCOCCOCC(=O)NNC(=O)c1ccccc1. The second-order valence-electron chi connectivity index (χ2n) is 4.03. The van der Waals surface area contributed by atoms with Crippen LogP contribution in [0.25, 0.3) is 0 Å². The number of carbonyl (C=O) groups excluding carboxylic acids is 2. The van der Waals surface area contributed by atoms with Gasteiger partial charge in [-0.15, -0.1) is 0 Å². The van der Waals surface area contributed by atoms with Gasteiger partial charge in [-0.25, -0.2) is 0 Å². The highest BCUT2D eigenvalue weighted by Crippen LogP contribution is 1.96. The smallest absolute Gasteiger partial charge is 0.269 e. The summed E-state index contributed by atoms with van der Waals surface area (Å²) in [5.41, 5.74) is 5.03. The fourth-order valence-electron chi connectivity index (χ4n) is 1.35. The monoisotopic (exact) mass is 296 g/mol. The molecule has 0 aliphatic carbocycles. The Kier molecular flexibility index (Phi) is 8.78. The van der Waals surface area contributed by atoms with E-state index in [0.717, 1.165) is 0 Å². The first-order valence-corrected chi connectivity index (χ1v) is 6.52. The first kappa shape index (κ1) is 17.1. The number of hydrogen-bond acceptors (Lipinski definition) is 5. The van der Waals surface area contributed by atoms with E-state index in [-0.39, 0.29) is 12.5 Å². The Morgan fingerprint density at radius 1 is 0.952 bits per heavy atom. The molecule has 7 nitrogen and oxygen atoms in total. The van der Waals surface area contributed by atoms with Crippen LogP contribution in [0.4, 0.5) is 0 Å². The molecule has 0 heterocycles. The minimum atomic E-state index is -0.434. The number of rotatable bonds is 9. The van der Waals surface area contributed by atoms with E-state index in [2.05, 4.69) is 10.9 Å². The summed E-state index contributed by atoms with van der Waals surface area (Å²) in [6.07, 6.45) is 0. The first-order valence-electron chi connectivity index (χ1n) is 6.52. The largest absolute Gasteiger partial charge is 0.382 e. The maximum Gasteiger partial charge on any atom is 0.269 e. The highest BCUT2D eigenvalue weighted by atomic mass is 16.5. The Morgan fingerprint density at radius 3 is 2.33 bits per heavy atom. The normalized spacial score (nSPS) is 10.1. The van der Waals surface area contributed by atoms with E-state index in [1.54, 1.807) is 37.4 Å². The number of nitrogens with one attached hydrogen (secondary N) is 2. The van der Waals surface area contributed by atoms with Crippen LogP contribution in [-0.2, 0) is 19.0 Å². The molecule has 116 valence electrons. The van der Waals surface area contributed by atoms with Gasteiger partial charge in [-0.2, -0.15) is 0 Å². The van der Waals surface area contributed by atoms with Crippen molar-refractivity contribution in [2.24, 2.45) is 0 Å². The lowest BCUT2D eigenvalue weighted by Crippen LogP contribution is -2.43. The van der Waals surface area contributed by atoms with E-state index in [1.165, 1.54) is 0 Å². The van der Waals surface area contributed by atoms with Gasteiger partial charge in [0, 0.05) is 12.7 Å². The van der Waals surface area contributed by atoms with E-state index in [4.69, 9.17) is 14.2 Å². The highest BCUT2D eigenvalue weighted by molar-refractivity contribution is 5.95. The van der Waals surface area contributed by atoms with E-state index in [1.807, 2.05) is 0 Å². The maximum absolute atomic E-state index is 11.6. The summed E-state index contributed by atoms with van der Waals surface area (Å²) in [6.45, 7) is 1.53. The quantitative estimate of drug-likeness (QED) is 0.499. The number of methoxy groups -OCH3 is 1. The molecule has 0 saturated heterocycles. The Morgan fingerprint density at radius 2 is 1.62 bits per heavy atom. The van der Waals surface area contributed by atoms with Crippen LogP contribution in [0.1, 0.15) is 10.4 Å². The molecule has 0 bridgehead atoms. The van der Waals surface area contributed by atoms with Crippen molar-refractivity contribution in [1.29, 1.82) is 0 Å². The third-order valence-electron chi connectivity index (χ3n) is 2.39. The maximum atomic E-state index is 11.6. The topological polar surface area (TPSA) is 85.9 Å². The second-order valence-corrected chi connectivity index (χ2v) is 4.03. The van der Waals surface area contributed by atoms with E-state index < -0.39 is 5.91 Å². The van der Waals surface area contributed by atoms with Crippen molar-refractivity contribution in [3.63, 3.8) is 0 Å². The zero-order chi connectivity index (χ0) is 15.3. The van der Waals surface area contributed by atoms with Crippen LogP contribution in [0.3, 0.4) is 0 Å². The standard InChI is InChI=1S/C14H20N2O5/c1-19-7-8-20-9-10-21-11-13(17)15-16-14(18)12-5-3-2-4-6-12/h2-6H,7-11H2,1H3,(H,15,17)(H,16,18). The summed E-state index contributed by atoms with van der Waals surface area (Å²) in [4.78, 5) is 23.0. The summed E-state index contributed by atoms with van der Waals surface area (Å²) < 4.78 is 15.1. The molecular weight excluding hydrogens is 276 g/mol. The average Bonchev–Trinajstić information content (AvgIpc) is 2.52. The third-order valence-corrected chi connectivity index (χ3v) is 2.39. The minimum Gasteiger partial charge on any atom is -0.382 e. The summed E-state index contributed by atoms with van der Waals surface area (Å²) in [5.74, 6) is -0.817. The number of benzene rings is 1. The molecule has 0 unspecified atom stereocenters. The lowest BCUT2D eigenvalue weighted by atomic mass is 10.2. The fourth-order valence-corrected chi connectivity index (χ4v) is 1.35. The summed E-state index contributed by atoms with van der Waals surface area (Å²) in [5, 5.41) is 0. The van der Waals surface area contributed by atoms with Gasteiger partial charge < -0.3 is 14.2 Å². The van der Waals surface area contributed by atoms with Crippen LogP contribution in [0.15, 0.2) is 30.3 Å². The van der Waals surface area contributed by atoms with Crippen molar-refractivity contribution >= 4 is 11.8 Å². The van der Waals surface area contributed by atoms with Gasteiger partial charge in [0.05, 0.1) is 26.4 Å². The Labute approximate surface area is 123 Å². The van der Waals surface area contributed by atoms with Crippen molar-refractivity contribution in [2.75, 3.05) is 40.1 Å². The highest BCUT2D eigenvalue weighted by Gasteiger charge is 2.06. The van der Waals surface area contributed by atoms with Gasteiger partial charge in [-0.1, -0.05) is 18.2 Å². The summed E-state index contributed by atoms with van der Waals surface area (Å²) in [6, 6.07) is 8.58. The van der Waals surface area contributed by atoms with Crippen LogP contribution in [0, 0.1) is 0 Å².